The number of nitrogens with zero attached hydrogens (tertiary/aromatic N) is 3. The Bertz CT molecular complexity index is 483. The van der Waals surface area contributed by atoms with Crippen LogP contribution in [-0.2, 0) is 4.79 Å². The topological polar surface area (TPSA) is 36.4 Å². The summed E-state index contributed by atoms with van der Waals surface area (Å²) < 4.78 is 0. The summed E-state index contributed by atoms with van der Waals surface area (Å²) in [4.78, 5) is 20.8. The van der Waals surface area contributed by atoms with E-state index in [1.807, 2.05) is 6.20 Å². The largest absolute Gasteiger partial charge is 0.354 e. The van der Waals surface area contributed by atoms with Crippen molar-refractivity contribution >= 4 is 11.7 Å². The van der Waals surface area contributed by atoms with E-state index in [1.165, 1.54) is 5.56 Å². The number of pyridine rings is 1. The van der Waals surface area contributed by atoms with E-state index < -0.39 is 0 Å². The summed E-state index contributed by atoms with van der Waals surface area (Å²) in [5, 5.41) is 0. The van der Waals surface area contributed by atoms with Crippen LogP contribution in [0.25, 0.3) is 0 Å². The van der Waals surface area contributed by atoms with Crippen LogP contribution in [0.1, 0.15) is 44.6 Å². The second-order valence-electron chi connectivity index (χ2n) is 6.18. The lowest BCUT2D eigenvalue weighted by atomic mass is 10.1. The zero-order chi connectivity index (χ0) is 14.1. The summed E-state index contributed by atoms with van der Waals surface area (Å²) in [6.07, 6.45) is 4.81. The molecular weight excluding hydrogens is 250 g/mol. The molecule has 0 bridgehead atoms. The molecule has 108 valence electrons. The van der Waals surface area contributed by atoms with E-state index in [0.717, 1.165) is 44.7 Å². The maximum absolute atomic E-state index is 11.8. The van der Waals surface area contributed by atoms with E-state index in [0.29, 0.717) is 17.9 Å². The highest BCUT2D eigenvalue weighted by molar-refractivity contribution is 5.78. The van der Waals surface area contributed by atoms with Crippen LogP contribution in [-0.4, -0.2) is 41.5 Å². The third-order valence-electron chi connectivity index (χ3n) is 4.48. The fourth-order valence-electron chi connectivity index (χ4n) is 3.19. The predicted octanol–water partition coefficient (Wildman–Crippen LogP) is 2.41. The highest BCUT2D eigenvalue weighted by Gasteiger charge is 2.33. The van der Waals surface area contributed by atoms with Crippen LogP contribution in [0.3, 0.4) is 0 Å². The van der Waals surface area contributed by atoms with E-state index >= 15 is 0 Å². The number of hydrogen-bond acceptors (Lipinski definition) is 3. The van der Waals surface area contributed by atoms with Gasteiger partial charge in [-0.05, 0) is 30.4 Å². The van der Waals surface area contributed by atoms with Gasteiger partial charge in [-0.2, -0.15) is 0 Å². The Labute approximate surface area is 120 Å². The van der Waals surface area contributed by atoms with Crippen molar-refractivity contribution < 1.29 is 4.79 Å². The molecule has 0 spiro atoms. The molecule has 1 aromatic rings. The Kier molecular flexibility index (Phi) is 3.64. The van der Waals surface area contributed by atoms with Gasteiger partial charge in [-0.15, -0.1) is 0 Å². The molecule has 3 rings (SSSR count). The number of aromatic nitrogens is 1. The zero-order valence-electron chi connectivity index (χ0n) is 12.4. The summed E-state index contributed by atoms with van der Waals surface area (Å²) >= 11 is 0. The van der Waals surface area contributed by atoms with Crippen molar-refractivity contribution in [2.24, 2.45) is 0 Å². The van der Waals surface area contributed by atoms with Crippen molar-refractivity contribution in [1.82, 2.24) is 9.88 Å². The van der Waals surface area contributed by atoms with Gasteiger partial charge in [-0.3, -0.25) is 4.79 Å². The number of rotatable bonds is 3. The molecule has 2 aliphatic rings. The maximum atomic E-state index is 11.8. The van der Waals surface area contributed by atoms with Crippen LogP contribution in [0.2, 0.25) is 0 Å². The minimum Gasteiger partial charge on any atom is -0.354 e. The first-order valence-corrected chi connectivity index (χ1v) is 7.65. The summed E-state index contributed by atoms with van der Waals surface area (Å²) in [6.45, 7) is 7.24. The Morgan fingerprint density at radius 2 is 2.15 bits per heavy atom. The van der Waals surface area contributed by atoms with Gasteiger partial charge in [0.25, 0.3) is 0 Å². The number of carbonyl (C=O) groups excluding carboxylic acids is 1. The highest BCUT2D eigenvalue weighted by Crippen LogP contribution is 2.25. The summed E-state index contributed by atoms with van der Waals surface area (Å²) in [5.41, 5.74) is 1.28. The van der Waals surface area contributed by atoms with Gasteiger partial charge in [0.05, 0.1) is 6.04 Å². The van der Waals surface area contributed by atoms with Crippen molar-refractivity contribution in [3.8, 4) is 0 Å². The van der Waals surface area contributed by atoms with Crippen LogP contribution < -0.4 is 4.90 Å². The number of likely N-dealkylation sites (tertiary alicyclic amines) is 1. The first-order chi connectivity index (χ1) is 9.65. The molecule has 0 radical (unpaired) electrons. The smallest absolute Gasteiger partial charge is 0.222 e. The number of anilines is 1. The average molecular weight is 273 g/mol. The van der Waals surface area contributed by atoms with E-state index in [9.17, 15) is 4.79 Å². The monoisotopic (exact) mass is 273 g/mol. The summed E-state index contributed by atoms with van der Waals surface area (Å²) in [5.74, 6) is 1.90. The Morgan fingerprint density at radius 1 is 1.30 bits per heavy atom. The van der Waals surface area contributed by atoms with Crippen molar-refractivity contribution in [3.63, 3.8) is 0 Å². The Morgan fingerprint density at radius 3 is 2.75 bits per heavy atom. The minimum atomic E-state index is 0.333. The van der Waals surface area contributed by atoms with Crippen molar-refractivity contribution in [3.05, 3.63) is 23.9 Å². The molecule has 20 heavy (non-hydrogen) atoms. The lowest BCUT2D eigenvalue weighted by molar-refractivity contribution is -0.129. The standard InChI is InChI=1S/C16H23N3O/c1-12(2)13-5-6-15(17-10-13)18-9-7-14(11-18)19-8-3-4-16(19)20/h5-6,10,12,14H,3-4,7-9,11H2,1-2H3. The lowest BCUT2D eigenvalue weighted by Gasteiger charge is -2.24. The normalized spacial score (nSPS) is 23.1. The van der Waals surface area contributed by atoms with Crippen LogP contribution >= 0.6 is 0 Å². The van der Waals surface area contributed by atoms with Crippen LogP contribution in [0, 0.1) is 0 Å². The molecule has 2 aliphatic heterocycles. The Hall–Kier alpha value is -1.58. The van der Waals surface area contributed by atoms with E-state index in [-0.39, 0.29) is 0 Å². The number of hydrogen-bond donors (Lipinski definition) is 0. The van der Waals surface area contributed by atoms with Gasteiger partial charge in [0.2, 0.25) is 5.91 Å². The van der Waals surface area contributed by atoms with Crippen molar-refractivity contribution in [2.75, 3.05) is 24.5 Å². The number of amides is 1. The Balaban J connectivity index is 1.66. The molecule has 0 saturated carbocycles. The molecule has 2 fully saturated rings. The molecule has 0 aromatic carbocycles. The minimum absolute atomic E-state index is 0.333. The quantitative estimate of drug-likeness (QED) is 0.848. The fraction of sp³-hybridized carbons (Fsp3) is 0.625. The second-order valence-corrected chi connectivity index (χ2v) is 6.18. The SMILES string of the molecule is CC(C)c1ccc(N2CCC(N3CCCC3=O)C2)nc1. The van der Waals surface area contributed by atoms with Crippen LogP contribution in [0.4, 0.5) is 5.82 Å². The van der Waals surface area contributed by atoms with Crippen LogP contribution in [0.5, 0.6) is 0 Å². The fourth-order valence-corrected chi connectivity index (χ4v) is 3.19. The number of carbonyl (C=O) groups is 1. The first kappa shape index (κ1) is 13.4. The summed E-state index contributed by atoms with van der Waals surface area (Å²) in [7, 11) is 0. The van der Waals surface area contributed by atoms with Gasteiger partial charge in [-0.25, -0.2) is 4.98 Å². The third-order valence-corrected chi connectivity index (χ3v) is 4.48. The molecule has 3 heterocycles. The molecule has 0 N–H and O–H groups in total. The summed E-state index contributed by atoms with van der Waals surface area (Å²) in [6, 6.07) is 4.67. The van der Waals surface area contributed by atoms with Crippen molar-refractivity contribution in [2.45, 2.75) is 45.1 Å². The van der Waals surface area contributed by atoms with E-state index in [1.54, 1.807) is 0 Å². The molecular formula is C16H23N3O. The molecule has 2 saturated heterocycles. The molecule has 1 aromatic heterocycles. The molecule has 4 heteroatoms. The first-order valence-electron chi connectivity index (χ1n) is 7.65. The molecule has 0 aliphatic carbocycles. The highest BCUT2D eigenvalue weighted by atomic mass is 16.2. The molecule has 1 unspecified atom stereocenters. The van der Waals surface area contributed by atoms with Gasteiger partial charge >= 0.3 is 0 Å². The second kappa shape index (κ2) is 5.43. The molecule has 1 atom stereocenters. The van der Waals surface area contributed by atoms with Gasteiger partial charge in [0.1, 0.15) is 5.82 Å². The predicted molar refractivity (Wildman–Crippen MR) is 79.9 cm³/mol. The van der Waals surface area contributed by atoms with Gasteiger partial charge in [0.15, 0.2) is 0 Å². The third kappa shape index (κ3) is 2.51. The zero-order valence-corrected chi connectivity index (χ0v) is 12.4. The van der Waals surface area contributed by atoms with Gasteiger partial charge < -0.3 is 9.80 Å². The maximum Gasteiger partial charge on any atom is 0.222 e. The average Bonchev–Trinajstić information content (AvgIpc) is 3.07. The molecule has 4 nitrogen and oxygen atoms in total. The molecule has 1 amide bonds. The van der Waals surface area contributed by atoms with Gasteiger partial charge in [-0.1, -0.05) is 19.9 Å². The lowest BCUT2D eigenvalue weighted by Crippen LogP contribution is -2.38. The van der Waals surface area contributed by atoms with E-state index in [2.05, 4.69) is 40.8 Å². The van der Waals surface area contributed by atoms with Gasteiger partial charge in [0, 0.05) is 32.3 Å². The van der Waals surface area contributed by atoms with Crippen LogP contribution in [0.15, 0.2) is 18.3 Å². The van der Waals surface area contributed by atoms with Crippen molar-refractivity contribution in [1.29, 1.82) is 0 Å². The van der Waals surface area contributed by atoms with E-state index in [4.69, 9.17) is 0 Å².